The van der Waals surface area contributed by atoms with E-state index in [2.05, 4.69) is 6.92 Å². The fraction of sp³-hybridized carbons (Fsp3) is 0.778. The number of hydrogen-bond acceptors (Lipinski definition) is 2. The Bertz CT molecular complexity index is 143. The van der Waals surface area contributed by atoms with Gasteiger partial charge in [0, 0.05) is 0 Å². The van der Waals surface area contributed by atoms with Crippen molar-refractivity contribution in [2.45, 2.75) is 44.8 Å². The van der Waals surface area contributed by atoms with Gasteiger partial charge in [-0.05, 0) is 23.5 Å². The van der Waals surface area contributed by atoms with Crippen LogP contribution in [0, 0.1) is 0 Å². The highest BCUT2D eigenvalue weighted by Crippen LogP contribution is 2.19. The number of unbranched alkanes of at least 4 members (excludes halogenated alkanes) is 1. The normalized spacial score (nSPS) is 19.4. The first-order chi connectivity index (χ1) is 5.54. The van der Waals surface area contributed by atoms with E-state index in [9.17, 15) is 10.2 Å². The maximum atomic E-state index is 9.74. The summed E-state index contributed by atoms with van der Waals surface area (Å²) in [6.45, 7) is 3.74. The summed E-state index contributed by atoms with van der Waals surface area (Å²) in [5.74, 6) is 0. The zero-order chi connectivity index (χ0) is 9.61. The summed E-state index contributed by atoms with van der Waals surface area (Å²) in [5.41, 5.74) is -0.975. The Labute approximate surface area is 87.8 Å². The van der Waals surface area contributed by atoms with Crippen molar-refractivity contribution in [3.63, 3.8) is 0 Å². The van der Waals surface area contributed by atoms with Crippen molar-refractivity contribution < 1.29 is 10.2 Å². The van der Waals surface area contributed by atoms with Gasteiger partial charge < -0.3 is 10.2 Å². The van der Waals surface area contributed by atoms with Crippen molar-refractivity contribution in [2.24, 2.45) is 0 Å². The molecule has 12 heavy (non-hydrogen) atoms. The van der Waals surface area contributed by atoms with Crippen molar-refractivity contribution in [2.75, 3.05) is 0 Å². The molecule has 72 valence electrons. The minimum Gasteiger partial charge on any atom is -0.387 e. The van der Waals surface area contributed by atoms with E-state index in [1.807, 2.05) is 22.6 Å². The van der Waals surface area contributed by atoms with E-state index in [0.717, 1.165) is 12.8 Å². The number of aliphatic hydroxyl groups is 2. The maximum Gasteiger partial charge on any atom is 0.101 e. The van der Waals surface area contributed by atoms with Gasteiger partial charge in [-0.1, -0.05) is 42.4 Å². The summed E-state index contributed by atoms with van der Waals surface area (Å²) in [7, 11) is 0. The minimum absolute atomic E-state index is 0.644. The molecule has 0 amide bonds. The van der Waals surface area contributed by atoms with Crippen LogP contribution in [-0.2, 0) is 0 Å². The van der Waals surface area contributed by atoms with Gasteiger partial charge in [0.15, 0.2) is 0 Å². The molecule has 0 aliphatic carbocycles. The van der Waals surface area contributed by atoms with E-state index in [0.29, 0.717) is 6.42 Å². The molecule has 2 unspecified atom stereocenters. The topological polar surface area (TPSA) is 40.5 Å². The average molecular weight is 284 g/mol. The molecule has 0 saturated carbocycles. The lowest BCUT2D eigenvalue weighted by molar-refractivity contribution is -0.0445. The Morgan fingerprint density at radius 3 is 2.58 bits per heavy atom. The first kappa shape index (κ1) is 12.4. The third-order valence-corrected chi connectivity index (χ3v) is 2.34. The molecule has 0 aromatic carbocycles. The number of hydrogen-bond donors (Lipinski definition) is 2. The molecule has 0 aliphatic heterocycles. The molecule has 2 nitrogen and oxygen atoms in total. The SMILES string of the molecule is CCCCC(C)(O)C(O)/C=C/I. The molecule has 0 fully saturated rings. The summed E-state index contributed by atoms with van der Waals surface area (Å²) in [5, 5.41) is 19.2. The van der Waals surface area contributed by atoms with Crippen molar-refractivity contribution in [1.29, 1.82) is 0 Å². The second-order valence-corrected chi connectivity index (χ2v) is 3.94. The molecule has 0 aromatic rings. The molecular weight excluding hydrogens is 267 g/mol. The lowest BCUT2D eigenvalue weighted by Crippen LogP contribution is -2.37. The van der Waals surface area contributed by atoms with E-state index in [1.165, 1.54) is 0 Å². The summed E-state index contributed by atoms with van der Waals surface area (Å²) in [6.07, 6.45) is 3.48. The van der Waals surface area contributed by atoms with Gasteiger partial charge in [0.25, 0.3) is 0 Å². The fourth-order valence-electron chi connectivity index (χ4n) is 0.959. The summed E-state index contributed by atoms with van der Waals surface area (Å²) < 4.78 is 1.73. The Balaban J connectivity index is 3.98. The highest BCUT2D eigenvalue weighted by atomic mass is 127. The first-order valence-electron chi connectivity index (χ1n) is 4.22. The van der Waals surface area contributed by atoms with Gasteiger partial charge in [-0.15, -0.1) is 0 Å². The Morgan fingerprint density at radius 2 is 2.17 bits per heavy atom. The van der Waals surface area contributed by atoms with Crippen molar-refractivity contribution >= 4 is 22.6 Å². The van der Waals surface area contributed by atoms with Crippen LogP contribution in [0.15, 0.2) is 10.2 Å². The predicted molar refractivity (Wildman–Crippen MR) is 59.3 cm³/mol. The van der Waals surface area contributed by atoms with E-state index >= 15 is 0 Å². The quantitative estimate of drug-likeness (QED) is 0.760. The van der Waals surface area contributed by atoms with Crippen LogP contribution in [0.2, 0.25) is 0 Å². The Kier molecular flexibility index (Phi) is 6.13. The highest BCUT2D eigenvalue weighted by molar-refractivity contribution is 14.1. The van der Waals surface area contributed by atoms with Gasteiger partial charge in [0.1, 0.15) is 6.10 Å². The lowest BCUT2D eigenvalue weighted by atomic mass is 9.93. The molecule has 0 spiro atoms. The third kappa shape index (κ3) is 4.42. The Hall–Kier alpha value is 0.390. The zero-order valence-corrected chi connectivity index (χ0v) is 9.78. The third-order valence-electron chi connectivity index (χ3n) is 1.93. The fourth-order valence-corrected chi connectivity index (χ4v) is 1.35. The molecule has 0 rings (SSSR count). The number of halogens is 1. The largest absolute Gasteiger partial charge is 0.387 e. The van der Waals surface area contributed by atoms with Crippen molar-refractivity contribution in [1.82, 2.24) is 0 Å². The van der Waals surface area contributed by atoms with Gasteiger partial charge in [0.05, 0.1) is 5.60 Å². The first-order valence-corrected chi connectivity index (χ1v) is 5.46. The molecule has 2 N–H and O–H groups in total. The van der Waals surface area contributed by atoms with E-state index in [1.54, 1.807) is 17.1 Å². The Morgan fingerprint density at radius 1 is 1.58 bits per heavy atom. The van der Waals surface area contributed by atoms with Crippen LogP contribution in [0.25, 0.3) is 0 Å². The van der Waals surface area contributed by atoms with Crippen LogP contribution in [0.4, 0.5) is 0 Å². The number of rotatable bonds is 5. The van der Waals surface area contributed by atoms with Gasteiger partial charge >= 0.3 is 0 Å². The maximum absolute atomic E-state index is 9.74. The second kappa shape index (κ2) is 5.94. The molecule has 2 atom stereocenters. The monoisotopic (exact) mass is 284 g/mol. The number of aliphatic hydroxyl groups excluding tert-OH is 1. The van der Waals surface area contributed by atoms with E-state index in [4.69, 9.17) is 0 Å². The summed E-state index contributed by atoms with van der Waals surface area (Å²) in [4.78, 5) is 0. The zero-order valence-electron chi connectivity index (χ0n) is 7.63. The average Bonchev–Trinajstić information content (AvgIpc) is 2.01. The van der Waals surface area contributed by atoms with Gasteiger partial charge in [0.2, 0.25) is 0 Å². The van der Waals surface area contributed by atoms with Crippen LogP contribution in [0.1, 0.15) is 33.1 Å². The molecule has 0 bridgehead atoms. The van der Waals surface area contributed by atoms with E-state index < -0.39 is 11.7 Å². The molecule has 0 saturated heterocycles. The van der Waals surface area contributed by atoms with Crippen molar-refractivity contribution in [3.8, 4) is 0 Å². The summed E-state index contributed by atoms with van der Waals surface area (Å²) >= 11 is 2.03. The van der Waals surface area contributed by atoms with Crippen LogP contribution >= 0.6 is 22.6 Å². The summed E-state index contributed by atoms with van der Waals surface area (Å²) in [6, 6.07) is 0. The van der Waals surface area contributed by atoms with Crippen LogP contribution in [0.3, 0.4) is 0 Å². The van der Waals surface area contributed by atoms with Crippen LogP contribution < -0.4 is 0 Å². The second-order valence-electron chi connectivity index (χ2n) is 3.22. The van der Waals surface area contributed by atoms with Crippen LogP contribution in [0.5, 0.6) is 0 Å². The highest BCUT2D eigenvalue weighted by Gasteiger charge is 2.27. The molecule has 3 heteroatoms. The standard InChI is InChI=1S/C9H17IO2/c1-3-4-6-9(2,12)8(11)5-7-10/h5,7-8,11-12H,3-4,6H2,1-2H3/b7-5+. The molecule has 0 aromatic heterocycles. The predicted octanol–water partition coefficient (Wildman–Crippen LogP) is 2.24. The van der Waals surface area contributed by atoms with Gasteiger partial charge in [-0.25, -0.2) is 0 Å². The molecule has 0 heterocycles. The van der Waals surface area contributed by atoms with Gasteiger partial charge in [-0.2, -0.15) is 0 Å². The van der Waals surface area contributed by atoms with Crippen molar-refractivity contribution in [3.05, 3.63) is 10.2 Å². The van der Waals surface area contributed by atoms with E-state index in [-0.39, 0.29) is 0 Å². The van der Waals surface area contributed by atoms with Crippen LogP contribution in [-0.4, -0.2) is 21.9 Å². The molecule has 0 radical (unpaired) electrons. The minimum atomic E-state index is -0.975. The van der Waals surface area contributed by atoms with Gasteiger partial charge in [-0.3, -0.25) is 0 Å². The lowest BCUT2D eigenvalue weighted by Gasteiger charge is -2.26. The molecular formula is C9H17IO2. The molecule has 0 aliphatic rings. The smallest absolute Gasteiger partial charge is 0.101 e.